The summed E-state index contributed by atoms with van der Waals surface area (Å²) < 4.78 is 10.7. The zero-order valence-electron chi connectivity index (χ0n) is 8.66. The van der Waals surface area contributed by atoms with Crippen molar-refractivity contribution in [2.75, 3.05) is 32.9 Å². The summed E-state index contributed by atoms with van der Waals surface area (Å²) >= 11 is 0. The van der Waals surface area contributed by atoms with Gasteiger partial charge in [-0.05, 0) is 19.4 Å². The Bertz CT molecular complexity index is 112. The lowest BCUT2D eigenvalue weighted by Crippen LogP contribution is -2.23. The molecule has 0 bridgehead atoms. The van der Waals surface area contributed by atoms with Gasteiger partial charge in [-0.15, -0.1) is 0 Å². The van der Waals surface area contributed by atoms with Gasteiger partial charge in [0.05, 0.1) is 25.9 Å². The van der Waals surface area contributed by atoms with E-state index >= 15 is 0 Å². The van der Waals surface area contributed by atoms with Gasteiger partial charge in [-0.2, -0.15) is 0 Å². The van der Waals surface area contributed by atoms with Crippen LogP contribution in [-0.4, -0.2) is 39.0 Å². The number of rotatable bonds is 8. The summed E-state index contributed by atoms with van der Waals surface area (Å²) in [5.74, 6) is 0.418. The number of ether oxygens (including phenoxy) is 2. The van der Waals surface area contributed by atoms with Crippen LogP contribution in [0.5, 0.6) is 0 Å². The molecule has 13 heavy (non-hydrogen) atoms. The van der Waals surface area contributed by atoms with E-state index in [4.69, 9.17) is 20.9 Å². The molecule has 2 unspecified atom stereocenters. The van der Waals surface area contributed by atoms with E-state index in [-0.39, 0.29) is 6.10 Å². The van der Waals surface area contributed by atoms with Crippen LogP contribution >= 0.6 is 0 Å². The molecule has 0 spiro atoms. The first-order chi connectivity index (χ1) is 6.20. The summed E-state index contributed by atoms with van der Waals surface area (Å²) in [7, 11) is 0. The lowest BCUT2D eigenvalue weighted by Gasteiger charge is -2.14. The van der Waals surface area contributed by atoms with E-state index in [1.807, 2.05) is 6.92 Å². The molecule has 0 amide bonds. The van der Waals surface area contributed by atoms with Gasteiger partial charge in [0.1, 0.15) is 0 Å². The molecule has 0 aliphatic carbocycles. The topological polar surface area (TPSA) is 70.5 Å². The standard InChI is InChI=1S/C9H22N2O2/c1-8(5-11)6-12-7-9(2)13-4-3-10/h8-9H,3-7,10-11H2,1-2H3. The van der Waals surface area contributed by atoms with E-state index in [1.54, 1.807) is 0 Å². The zero-order chi connectivity index (χ0) is 10.1. The Kier molecular flexibility index (Phi) is 8.33. The lowest BCUT2D eigenvalue weighted by atomic mass is 10.2. The first-order valence-electron chi connectivity index (χ1n) is 4.80. The Labute approximate surface area is 80.6 Å². The predicted octanol–water partition coefficient (Wildman–Crippen LogP) is -0.0384. The zero-order valence-corrected chi connectivity index (χ0v) is 8.66. The van der Waals surface area contributed by atoms with Gasteiger partial charge in [0.25, 0.3) is 0 Å². The average molecular weight is 190 g/mol. The van der Waals surface area contributed by atoms with Crippen LogP contribution in [0.15, 0.2) is 0 Å². The maximum Gasteiger partial charge on any atom is 0.0781 e. The third-order valence-corrected chi connectivity index (χ3v) is 1.68. The van der Waals surface area contributed by atoms with Crippen molar-refractivity contribution in [3.05, 3.63) is 0 Å². The van der Waals surface area contributed by atoms with Gasteiger partial charge in [-0.3, -0.25) is 0 Å². The molecule has 4 nitrogen and oxygen atoms in total. The predicted molar refractivity (Wildman–Crippen MR) is 53.5 cm³/mol. The maximum atomic E-state index is 5.44. The molecule has 0 aromatic rings. The number of nitrogens with two attached hydrogens (primary N) is 2. The second kappa shape index (κ2) is 8.44. The van der Waals surface area contributed by atoms with Crippen molar-refractivity contribution in [1.29, 1.82) is 0 Å². The molecular formula is C9H22N2O2. The summed E-state index contributed by atoms with van der Waals surface area (Å²) in [5, 5.41) is 0. The fraction of sp³-hybridized carbons (Fsp3) is 1.00. The van der Waals surface area contributed by atoms with Crippen LogP contribution in [0.1, 0.15) is 13.8 Å². The molecule has 4 heteroatoms. The molecule has 0 aromatic carbocycles. The largest absolute Gasteiger partial charge is 0.378 e. The average Bonchev–Trinajstić information content (AvgIpc) is 2.14. The van der Waals surface area contributed by atoms with Gasteiger partial charge in [0, 0.05) is 6.54 Å². The first-order valence-corrected chi connectivity index (χ1v) is 4.80. The van der Waals surface area contributed by atoms with Crippen molar-refractivity contribution in [1.82, 2.24) is 0 Å². The Morgan fingerprint density at radius 2 is 1.85 bits per heavy atom. The monoisotopic (exact) mass is 190 g/mol. The highest BCUT2D eigenvalue weighted by atomic mass is 16.5. The normalized spacial score (nSPS) is 15.7. The van der Waals surface area contributed by atoms with Crippen molar-refractivity contribution in [2.45, 2.75) is 20.0 Å². The molecule has 0 fully saturated rings. The van der Waals surface area contributed by atoms with Crippen molar-refractivity contribution < 1.29 is 9.47 Å². The van der Waals surface area contributed by atoms with Crippen LogP contribution in [0.4, 0.5) is 0 Å². The van der Waals surface area contributed by atoms with Gasteiger partial charge < -0.3 is 20.9 Å². The van der Waals surface area contributed by atoms with E-state index < -0.39 is 0 Å². The molecule has 0 radical (unpaired) electrons. The number of hydrogen-bond donors (Lipinski definition) is 2. The Hall–Kier alpha value is -0.160. The highest BCUT2D eigenvalue weighted by molar-refractivity contribution is 4.52. The Balaban J connectivity index is 3.21. The molecule has 0 saturated heterocycles. The van der Waals surface area contributed by atoms with E-state index in [9.17, 15) is 0 Å². The minimum absolute atomic E-state index is 0.119. The molecule has 0 saturated carbocycles. The smallest absolute Gasteiger partial charge is 0.0781 e. The van der Waals surface area contributed by atoms with Crippen molar-refractivity contribution in [2.24, 2.45) is 17.4 Å². The van der Waals surface area contributed by atoms with Crippen LogP contribution in [0, 0.1) is 5.92 Å². The third-order valence-electron chi connectivity index (χ3n) is 1.68. The second-order valence-corrected chi connectivity index (χ2v) is 3.35. The molecule has 0 aliphatic heterocycles. The lowest BCUT2D eigenvalue weighted by molar-refractivity contribution is -0.0108. The Morgan fingerprint density at radius 1 is 1.15 bits per heavy atom. The van der Waals surface area contributed by atoms with Gasteiger partial charge in [-0.25, -0.2) is 0 Å². The van der Waals surface area contributed by atoms with Crippen molar-refractivity contribution in [3.8, 4) is 0 Å². The fourth-order valence-corrected chi connectivity index (χ4v) is 0.821. The van der Waals surface area contributed by atoms with Gasteiger partial charge in [-0.1, -0.05) is 6.92 Å². The van der Waals surface area contributed by atoms with Gasteiger partial charge >= 0.3 is 0 Å². The summed E-state index contributed by atoms with van der Waals surface area (Å²) in [6, 6.07) is 0. The van der Waals surface area contributed by atoms with Gasteiger partial charge in [0.2, 0.25) is 0 Å². The maximum absolute atomic E-state index is 5.44. The number of hydrogen-bond acceptors (Lipinski definition) is 4. The van der Waals surface area contributed by atoms with Crippen LogP contribution < -0.4 is 11.5 Å². The Morgan fingerprint density at radius 3 is 2.38 bits per heavy atom. The molecule has 0 rings (SSSR count). The minimum atomic E-state index is 0.119. The minimum Gasteiger partial charge on any atom is -0.378 e. The molecule has 0 aliphatic rings. The van der Waals surface area contributed by atoms with E-state index in [0.29, 0.717) is 38.8 Å². The van der Waals surface area contributed by atoms with Crippen molar-refractivity contribution >= 4 is 0 Å². The highest BCUT2D eigenvalue weighted by Crippen LogP contribution is 1.96. The third kappa shape index (κ3) is 8.18. The molecule has 4 N–H and O–H groups in total. The molecule has 2 atom stereocenters. The van der Waals surface area contributed by atoms with E-state index in [1.165, 1.54) is 0 Å². The summed E-state index contributed by atoms with van der Waals surface area (Å²) in [6.45, 7) is 7.17. The summed E-state index contributed by atoms with van der Waals surface area (Å²) in [4.78, 5) is 0. The van der Waals surface area contributed by atoms with E-state index in [0.717, 1.165) is 0 Å². The quantitative estimate of drug-likeness (QED) is 0.563. The fourth-order valence-electron chi connectivity index (χ4n) is 0.821. The SMILES string of the molecule is CC(CN)COCC(C)OCCN. The first kappa shape index (κ1) is 12.8. The van der Waals surface area contributed by atoms with E-state index in [2.05, 4.69) is 6.92 Å². The molecular weight excluding hydrogens is 168 g/mol. The molecule has 0 heterocycles. The molecule has 80 valence electrons. The summed E-state index contributed by atoms with van der Waals surface area (Å²) in [5.41, 5.74) is 10.7. The van der Waals surface area contributed by atoms with Crippen LogP contribution in [-0.2, 0) is 9.47 Å². The highest BCUT2D eigenvalue weighted by Gasteiger charge is 2.03. The van der Waals surface area contributed by atoms with Crippen LogP contribution in [0.25, 0.3) is 0 Å². The van der Waals surface area contributed by atoms with Crippen LogP contribution in [0.2, 0.25) is 0 Å². The van der Waals surface area contributed by atoms with Crippen molar-refractivity contribution in [3.63, 3.8) is 0 Å². The second-order valence-electron chi connectivity index (χ2n) is 3.35. The molecule has 0 aromatic heterocycles. The van der Waals surface area contributed by atoms with Gasteiger partial charge in [0.15, 0.2) is 0 Å². The summed E-state index contributed by atoms with van der Waals surface area (Å²) in [6.07, 6.45) is 0.119. The van der Waals surface area contributed by atoms with Crippen LogP contribution in [0.3, 0.4) is 0 Å².